The highest BCUT2D eigenvalue weighted by Crippen LogP contribution is 2.46. The Morgan fingerprint density at radius 3 is 2.53 bits per heavy atom. The lowest BCUT2D eigenvalue weighted by molar-refractivity contribution is 0.472. The molecule has 1 aliphatic heterocycles. The van der Waals surface area contributed by atoms with Crippen molar-refractivity contribution in [1.29, 1.82) is 0 Å². The molecule has 34 heavy (non-hydrogen) atoms. The number of rotatable bonds is 4. The molecule has 0 unspecified atom stereocenters. The molecule has 2 N–H and O–H groups in total. The number of para-hydroxylation sites is 1. The molecule has 1 aliphatic rings. The van der Waals surface area contributed by atoms with Crippen LogP contribution in [0.25, 0.3) is 5.69 Å². The maximum atomic E-state index is 14.7. The van der Waals surface area contributed by atoms with Crippen LogP contribution in [-0.2, 0) is 0 Å². The van der Waals surface area contributed by atoms with Crippen LogP contribution in [0.15, 0.2) is 72.9 Å². The van der Waals surface area contributed by atoms with E-state index in [2.05, 4.69) is 10.3 Å². The molecule has 0 radical (unpaired) electrons. The zero-order valence-electron chi connectivity index (χ0n) is 18.5. The summed E-state index contributed by atoms with van der Waals surface area (Å²) in [6.45, 7) is 3.91. The summed E-state index contributed by atoms with van der Waals surface area (Å²) in [5.41, 5.74) is 4.45. The van der Waals surface area contributed by atoms with Crippen LogP contribution in [0.1, 0.15) is 34.7 Å². The minimum absolute atomic E-state index is 0.0585. The first-order chi connectivity index (χ1) is 16.4. The number of halogens is 2. The molecule has 0 aliphatic carbocycles. The van der Waals surface area contributed by atoms with E-state index in [0.29, 0.717) is 21.5 Å². The van der Waals surface area contributed by atoms with Gasteiger partial charge in [-0.3, -0.25) is 4.98 Å². The van der Waals surface area contributed by atoms with E-state index in [1.165, 1.54) is 6.07 Å². The van der Waals surface area contributed by atoms with Crippen LogP contribution in [-0.4, -0.2) is 19.8 Å². The molecule has 1 saturated heterocycles. The fourth-order valence-electron chi connectivity index (χ4n) is 4.71. The van der Waals surface area contributed by atoms with Gasteiger partial charge in [-0.15, -0.1) is 0 Å². The van der Waals surface area contributed by atoms with Gasteiger partial charge in [-0.1, -0.05) is 29.8 Å². The number of phenolic OH excluding ortho intramolecular Hbond substituents is 1. The smallest absolute Gasteiger partial charge is 0.174 e. The number of phenols is 1. The molecule has 0 saturated carbocycles. The van der Waals surface area contributed by atoms with Crippen LogP contribution in [0.3, 0.4) is 0 Å². The Labute approximate surface area is 207 Å². The molecule has 2 aromatic heterocycles. The number of anilines is 1. The molecule has 0 amide bonds. The number of benzene rings is 2. The Morgan fingerprint density at radius 2 is 1.79 bits per heavy atom. The second-order valence-corrected chi connectivity index (χ2v) is 9.07. The van der Waals surface area contributed by atoms with E-state index in [4.69, 9.17) is 23.8 Å². The van der Waals surface area contributed by atoms with E-state index in [1.807, 2.05) is 53.6 Å². The van der Waals surface area contributed by atoms with E-state index in [0.717, 1.165) is 22.6 Å². The predicted molar refractivity (Wildman–Crippen MR) is 136 cm³/mol. The van der Waals surface area contributed by atoms with Crippen LogP contribution in [0, 0.1) is 19.7 Å². The molecule has 4 aromatic rings. The average Bonchev–Trinajstić information content (AvgIpc) is 3.32. The molecular formula is C26H22ClFN4OS. The number of aromatic hydroxyl groups is 1. The summed E-state index contributed by atoms with van der Waals surface area (Å²) in [5.74, 6) is -0.246. The summed E-state index contributed by atoms with van der Waals surface area (Å²) in [7, 11) is 0. The first-order valence-electron chi connectivity index (χ1n) is 10.8. The Bertz CT molecular complexity index is 1390. The average molecular weight is 493 g/mol. The van der Waals surface area contributed by atoms with Crippen molar-refractivity contribution in [1.82, 2.24) is 14.9 Å². The van der Waals surface area contributed by atoms with Crippen molar-refractivity contribution in [3.8, 4) is 11.4 Å². The maximum Gasteiger partial charge on any atom is 0.174 e. The standard InChI is InChI=1S/C26H22ClFN4OS/c1-15-13-18(16(2)31(15)21-9-4-3-7-19(21)28)25-24(20-8-5-6-12-29-20)30-26(34)32(25)22-14-17(27)10-11-23(22)33/h3-14,24-25,33H,1-2H3,(H,30,34)/t24-,25-/m0/s1. The molecular weight excluding hydrogens is 471 g/mol. The molecule has 0 spiro atoms. The lowest BCUT2D eigenvalue weighted by Gasteiger charge is -2.28. The van der Waals surface area contributed by atoms with Crippen molar-refractivity contribution in [2.75, 3.05) is 4.90 Å². The normalized spacial score (nSPS) is 17.8. The number of hydrogen-bond acceptors (Lipinski definition) is 3. The number of hydrogen-bond donors (Lipinski definition) is 2. The molecule has 2 atom stereocenters. The van der Waals surface area contributed by atoms with Gasteiger partial charge in [0.25, 0.3) is 0 Å². The predicted octanol–water partition coefficient (Wildman–Crippen LogP) is 6.16. The second-order valence-electron chi connectivity index (χ2n) is 8.24. The molecule has 0 bridgehead atoms. The van der Waals surface area contributed by atoms with Gasteiger partial charge in [0.1, 0.15) is 11.6 Å². The van der Waals surface area contributed by atoms with Crippen molar-refractivity contribution in [2.24, 2.45) is 0 Å². The highest BCUT2D eigenvalue weighted by molar-refractivity contribution is 7.80. The monoisotopic (exact) mass is 492 g/mol. The van der Waals surface area contributed by atoms with Gasteiger partial charge >= 0.3 is 0 Å². The maximum absolute atomic E-state index is 14.7. The fourth-order valence-corrected chi connectivity index (χ4v) is 5.22. The highest BCUT2D eigenvalue weighted by Gasteiger charge is 2.43. The van der Waals surface area contributed by atoms with Crippen molar-refractivity contribution < 1.29 is 9.50 Å². The largest absolute Gasteiger partial charge is 0.506 e. The van der Waals surface area contributed by atoms with Gasteiger partial charge in [-0.2, -0.15) is 0 Å². The quantitative estimate of drug-likeness (QED) is 0.334. The molecule has 1 fully saturated rings. The summed E-state index contributed by atoms with van der Waals surface area (Å²) < 4.78 is 16.6. The third-order valence-electron chi connectivity index (χ3n) is 6.18. The fraction of sp³-hybridized carbons (Fsp3) is 0.154. The number of nitrogens with one attached hydrogen (secondary N) is 1. The van der Waals surface area contributed by atoms with Crippen LogP contribution in [0.4, 0.5) is 10.1 Å². The van der Waals surface area contributed by atoms with E-state index < -0.39 is 0 Å². The molecule has 172 valence electrons. The second kappa shape index (κ2) is 8.74. The van der Waals surface area contributed by atoms with Gasteiger partial charge in [-0.05, 0) is 80.2 Å². The number of thiocarbonyl (C=S) groups is 1. The van der Waals surface area contributed by atoms with E-state index in [1.54, 1.807) is 36.5 Å². The highest BCUT2D eigenvalue weighted by atomic mass is 35.5. The number of pyridine rings is 1. The van der Waals surface area contributed by atoms with Gasteiger partial charge in [-0.25, -0.2) is 4.39 Å². The molecule has 5 nitrogen and oxygen atoms in total. The Kier molecular flexibility index (Phi) is 5.75. The van der Waals surface area contributed by atoms with Crippen molar-refractivity contribution in [3.63, 3.8) is 0 Å². The van der Waals surface area contributed by atoms with Crippen molar-refractivity contribution in [3.05, 3.63) is 106 Å². The third kappa shape index (κ3) is 3.71. The van der Waals surface area contributed by atoms with Gasteiger partial charge in [0, 0.05) is 22.6 Å². The number of aromatic nitrogens is 2. The van der Waals surface area contributed by atoms with Crippen molar-refractivity contribution in [2.45, 2.75) is 25.9 Å². The van der Waals surface area contributed by atoms with Crippen LogP contribution in [0.5, 0.6) is 5.75 Å². The summed E-state index contributed by atoms with van der Waals surface area (Å²) in [6.07, 6.45) is 1.74. The van der Waals surface area contributed by atoms with Gasteiger partial charge < -0.3 is 19.9 Å². The van der Waals surface area contributed by atoms with Crippen LogP contribution in [0.2, 0.25) is 5.02 Å². The molecule has 5 rings (SSSR count). The van der Waals surface area contributed by atoms with Crippen LogP contribution < -0.4 is 10.2 Å². The Morgan fingerprint density at radius 1 is 1.03 bits per heavy atom. The Balaban J connectivity index is 1.72. The van der Waals surface area contributed by atoms with Gasteiger partial charge in [0.15, 0.2) is 5.11 Å². The van der Waals surface area contributed by atoms with Crippen molar-refractivity contribution >= 4 is 34.6 Å². The zero-order chi connectivity index (χ0) is 24.0. The SMILES string of the molecule is Cc1cc([C@H]2[C@H](c3ccccn3)NC(=S)N2c2cc(Cl)ccc2O)c(C)n1-c1ccccc1F. The minimum atomic E-state index is -0.363. The summed E-state index contributed by atoms with van der Waals surface area (Å²) in [5, 5.41) is 15.0. The zero-order valence-corrected chi connectivity index (χ0v) is 20.1. The summed E-state index contributed by atoms with van der Waals surface area (Å²) in [4.78, 5) is 6.43. The third-order valence-corrected chi connectivity index (χ3v) is 6.73. The van der Waals surface area contributed by atoms with Crippen LogP contribution >= 0.6 is 23.8 Å². The minimum Gasteiger partial charge on any atom is -0.506 e. The lowest BCUT2D eigenvalue weighted by atomic mass is 9.96. The lowest BCUT2D eigenvalue weighted by Crippen LogP contribution is -2.29. The van der Waals surface area contributed by atoms with E-state index >= 15 is 0 Å². The van der Waals surface area contributed by atoms with E-state index in [9.17, 15) is 9.50 Å². The summed E-state index contributed by atoms with van der Waals surface area (Å²) in [6, 6.07) is 18.6. The first kappa shape index (κ1) is 22.4. The number of aryl methyl sites for hydroxylation is 1. The first-order valence-corrected chi connectivity index (χ1v) is 11.6. The molecule has 2 aromatic carbocycles. The van der Waals surface area contributed by atoms with Gasteiger partial charge in [0.05, 0.1) is 29.2 Å². The summed E-state index contributed by atoms with van der Waals surface area (Å²) >= 11 is 12.0. The molecule has 8 heteroatoms. The van der Waals surface area contributed by atoms with Gasteiger partial charge in [0.2, 0.25) is 0 Å². The van der Waals surface area contributed by atoms with E-state index in [-0.39, 0.29) is 23.7 Å². The topological polar surface area (TPSA) is 53.3 Å². The number of nitrogens with zero attached hydrogens (tertiary/aromatic N) is 3. The molecule has 3 heterocycles. The Hall–Kier alpha value is -3.42.